The predicted molar refractivity (Wildman–Crippen MR) is 73.9 cm³/mol. The van der Waals surface area contributed by atoms with E-state index in [1.165, 1.54) is 6.07 Å². The topological polar surface area (TPSA) is 28.7 Å². The molecule has 0 fully saturated rings. The highest BCUT2D eigenvalue weighted by molar-refractivity contribution is 7.71. The van der Waals surface area contributed by atoms with Gasteiger partial charge in [-0.3, -0.25) is 0 Å². The lowest BCUT2D eigenvalue weighted by atomic mass is 10.1. The maximum Gasteiger partial charge on any atom is 0.416 e. The van der Waals surface area contributed by atoms with Crippen LogP contribution < -0.4 is 0 Å². The minimum Gasteiger partial charge on any atom is -0.343 e. The highest BCUT2D eigenvalue weighted by Crippen LogP contribution is 2.31. The molecule has 0 aliphatic carbocycles. The normalized spacial score (nSPS) is 11.9. The fourth-order valence-corrected chi connectivity index (χ4v) is 1.99. The molecule has 1 aromatic heterocycles. The zero-order chi connectivity index (χ0) is 14.9. The van der Waals surface area contributed by atoms with Crippen LogP contribution in [0.2, 0.25) is 0 Å². The van der Waals surface area contributed by atoms with Crippen molar-refractivity contribution in [3.63, 3.8) is 0 Å². The number of hydrogen-bond donors (Lipinski definition) is 1. The number of halogens is 3. The van der Waals surface area contributed by atoms with Crippen LogP contribution in [0.25, 0.3) is 11.4 Å². The molecule has 0 aliphatic rings. The van der Waals surface area contributed by atoms with Gasteiger partial charge in [0.15, 0.2) is 0 Å². The Morgan fingerprint density at radius 1 is 1.20 bits per heavy atom. The first-order valence-electron chi connectivity index (χ1n) is 6.06. The fraction of sp³-hybridized carbons (Fsp3) is 0.286. The van der Waals surface area contributed by atoms with Gasteiger partial charge in [-0.05, 0) is 24.1 Å². The van der Waals surface area contributed by atoms with Gasteiger partial charge in [-0.2, -0.15) is 13.2 Å². The largest absolute Gasteiger partial charge is 0.416 e. The maximum absolute atomic E-state index is 12.7. The molecule has 1 aromatic carbocycles. The van der Waals surface area contributed by atoms with Crippen molar-refractivity contribution < 1.29 is 13.2 Å². The first kappa shape index (κ1) is 14.7. The lowest BCUT2D eigenvalue weighted by molar-refractivity contribution is -0.137. The minimum atomic E-state index is -4.37. The quantitative estimate of drug-likeness (QED) is 0.795. The number of benzene rings is 1. The molecule has 106 valence electrons. The van der Waals surface area contributed by atoms with E-state index in [0.29, 0.717) is 16.0 Å². The lowest BCUT2D eigenvalue weighted by Gasteiger charge is -2.11. The molecular formula is C14H13F3N2S. The molecule has 0 amide bonds. The van der Waals surface area contributed by atoms with Crippen LogP contribution in [0.3, 0.4) is 0 Å². The van der Waals surface area contributed by atoms with Crippen molar-refractivity contribution in [2.45, 2.75) is 25.9 Å². The second-order valence-electron chi connectivity index (χ2n) is 4.76. The van der Waals surface area contributed by atoms with Crippen molar-refractivity contribution >= 4 is 12.2 Å². The third kappa shape index (κ3) is 3.25. The third-order valence-corrected chi connectivity index (χ3v) is 3.06. The number of alkyl halides is 3. The average molecular weight is 298 g/mol. The van der Waals surface area contributed by atoms with Crippen LogP contribution in [0.5, 0.6) is 0 Å². The van der Waals surface area contributed by atoms with Crippen molar-refractivity contribution in [2.24, 2.45) is 0 Å². The van der Waals surface area contributed by atoms with Gasteiger partial charge in [-0.1, -0.05) is 38.2 Å². The molecule has 1 N–H and O–H groups in total. The smallest absolute Gasteiger partial charge is 0.343 e. The summed E-state index contributed by atoms with van der Waals surface area (Å²) in [6.07, 6.45) is -4.37. The van der Waals surface area contributed by atoms with Gasteiger partial charge in [-0.25, -0.2) is 4.98 Å². The summed E-state index contributed by atoms with van der Waals surface area (Å²) in [5.41, 5.74) is 0.511. The Hall–Kier alpha value is -1.69. The summed E-state index contributed by atoms with van der Waals surface area (Å²) in [5, 5.41) is 0. The van der Waals surface area contributed by atoms with E-state index in [1.54, 1.807) is 12.1 Å². The summed E-state index contributed by atoms with van der Waals surface area (Å²) < 4.78 is 38.5. The Kier molecular flexibility index (Phi) is 3.94. The second-order valence-corrected chi connectivity index (χ2v) is 5.17. The summed E-state index contributed by atoms with van der Waals surface area (Å²) >= 11 is 5.06. The maximum atomic E-state index is 12.7. The van der Waals surface area contributed by atoms with E-state index < -0.39 is 11.7 Å². The van der Waals surface area contributed by atoms with Gasteiger partial charge in [0.1, 0.15) is 10.5 Å². The van der Waals surface area contributed by atoms with Crippen LogP contribution in [0.15, 0.2) is 30.3 Å². The summed E-state index contributed by atoms with van der Waals surface area (Å²) in [6, 6.07) is 6.75. The van der Waals surface area contributed by atoms with Gasteiger partial charge in [0, 0.05) is 11.3 Å². The standard InChI is InChI=1S/C14H13F3N2S/c1-8(2)11-7-12(20)19-13(18-11)9-4-3-5-10(6-9)14(15,16)17/h3-8H,1-2H3,(H,18,19,20). The lowest BCUT2D eigenvalue weighted by Crippen LogP contribution is -2.05. The monoisotopic (exact) mass is 298 g/mol. The van der Waals surface area contributed by atoms with Crippen LogP contribution >= 0.6 is 12.2 Å². The molecular weight excluding hydrogens is 285 g/mol. The van der Waals surface area contributed by atoms with Gasteiger partial charge in [0.25, 0.3) is 0 Å². The number of aromatic nitrogens is 2. The van der Waals surface area contributed by atoms with Crippen LogP contribution in [0.4, 0.5) is 13.2 Å². The number of nitrogens with zero attached hydrogens (tertiary/aromatic N) is 1. The molecule has 1 heterocycles. The van der Waals surface area contributed by atoms with Crippen molar-refractivity contribution in [2.75, 3.05) is 0 Å². The molecule has 0 unspecified atom stereocenters. The van der Waals surface area contributed by atoms with Crippen molar-refractivity contribution in [1.29, 1.82) is 0 Å². The summed E-state index contributed by atoms with van der Waals surface area (Å²) in [7, 11) is 0. The van der Waals surface area contributed by atoms with E-state index in [9.17, 15) is 13.2 Å². The Bertz CT molecular complexity index is 675. The van der Waals surface area contributed by atoms with E-state index >= 15 is 0 Å². The Balaban J connectivity index is 2.54. The molecule has 2 nitrogen and oxygen atoms in total. The molecule has 20 heavy (non-hydrogen) atoms. The van der Waals surface area contributed by atoms with Crippen molar-refractivity contribution in [3.05, 3.63) is 46.2 Å². The minimum absolute atomic E-state index is 0.184. The first-order chi connectivity index (χ1) is 9.27. The Labute approximate surface area is 119 Å². The average Bonchev–Trinajstić information content (AvgIpc) is 2.37. The molecule has 2 rings (SSSR count). The van der Waals surface area contributed by atoms with Gasteiger partial charge in [-0.15, -0.1) is 0 Å². The molecule has 6 heteroatoms. The number of hydrogen-bond acceptors (Lipinski definition) is 2. The van der Waals surface area contributed by atoms with E-state index in [4.69, 9.17) is 12.2 Å². The van der Waals surface area contributed by atoms with Crippen LogP contribution in [0.1, 0.15) is 31.0 Å². The van der Waals surface area contributed by atoms with E-state index in [0.717, 1.165) is 17.8 Å². The van der Waals surface area contributed by atoms with Crippen LogP contribution in [-0.4, -0.2) is 9.97 Å². The van der Waals surface area contributed by atoms with Crippen LogP contribution in [0, 0.1) is 4.64 Å². The number of nitrogens with one attached hydrogen (secondary N) is 1. The highest BCUT2D eigenvalue weighted by atomic mass is 32.1. The van der Waals surface area contributed by atoms with Gasteiger partial charge in [0.2, 0.25) is 0 Å². The number of aromatic amines is 1. The van der Waals surface area contributed by atoms with E-state index in [1.807, 2.05) is 13.8 Å². The molecule has 0 saturated carbocycles. The van der Waals surface area contributed by atoms with E-state index in [2.05, 4.69) is 9.97 Å². The number of rotatable bonds is 2. The van der Waals surface area contributed by atoms with E-state index in [-0.39, 0.29) is 5.92 Å². The Morgan fingerprint density at radius 3 is 2.50 bits per heavy atom. The van der Waals surface area contributed by atoms with Crippen LogP contribution in [-0.2, 0) is 6.18 Å². The summed E-state index contributed by atoms with van der Waals surface area (Å²) in [4.78, 5) is 7.14. The molecule has 0 bridgehead atoms. The third-order valence-electron chi connectivity index (χ3n) is 2.85. The number of H-pyrrole nitrogens is 1. The Morgan fingerprint density at radius 2 is 1.90 bits per heavy atom. The first-order valence-corrected chi connectivity index (χ1v) is 6.47. The van der Waals surface area contributed by atoms with Crippen molar-refractivity contribution in [1.82, 2.24) is 9.97 Å². The van der Waals surface area contributed by atoms with Gasteiger partial charge < -0.3 is 4.98 Å². The predicted octanol–water partition coefficient (Wildman–Crippen LogP) is 4.95. The molecule has 0 spiro atoms. The molecule has 0 aliphatic heterocycles. The van der Waals surface area contributed by atoms with Crippen molar-refractivity contribution in [3.8, 4) is 11.4 Å². The fourth-order valence-electron chi connectivity index (χ4n) is 1.77. The summed E-state index contributed by atoms with van der Waals surface area (Å²) in [5.74, 6) is 0.538. The SMILES string of the molecule is CC(C)c1cc(=S)nc(-c2cccc(C(F)(F)F)c2)[nH]1. The van der Waals surface area contributed by atoms with Gasteiger partial charge in [0.05, 0.1) is 5.56 Å². The molecule has 0 atom stereocenters. The molecule has 0 radical (unpaired) electrons. The molecule has 2 aromatic rings. The zero-order valence-corrected chi connectivity index (χ0v) is 11.8. The summed E-state index contributed by atoms with van der Waals surface area (Å²) in [6.45, 7) is 3.94. The molecule has 0 saturated heterocycles. The van der Waals surface area contributed by atoms with Gasteiger partial charge >= 0.3 is 6.18 Å². The highest BCUT2D eigenvalue weighted by Gasteiger charge is 2.30. The zero-order valence-electron chi connectivity index (χ0n) is 11.0. The second kappa shape index (κ2) is 5.36.